The summed E-state index contributed by atoms with van der Waals surface area (Å²) in [4.78, 5) is 11.9. The lowest BCUT2D eigenvalue weighted by molar-refractivity contribution is -0.121. The summed E-state index contributed by atoms with van der Waals surface area (Å²) in [5, 5.41) is 2.92. The third-order valence-electron chi connectivity index (χ3n) is 3.45. The molecule has 0 aliphatic heterocycles. The van der Waals surface area contributed by atoms with Crippen molar-refractivity contribution in [3.05, 3.63) is 59.7 Å². The molecule has 0 saturated heterocycles. The molecular formula is C18H21NO3. The highest BCUT2D eigenvalue weighted by atomic mass is 16.5. The molecule has 4 heteroatoms. The average molecular weight is 299 g/mol. The summed E-state index contributed by atoms with van der Waals surface area (Å²) in [5.41, 5.74) is 2.18. The molecule has 0 saturated carbocycles. The molecule has 0 aliphatic rings. The Balaban J connectivity index is 1.74. The van der Waals surface area contributed by atoms with Crippen molar-refractivity contribution < 1.29 is 14.3 Å². The van der Waals surface area contributed by atoms with Crippen LogP contribution < -0.4 is 14.8 Å². The molecule has 0 spiro atoms. The third kappa shape index (κ3) is 4.81. The number of hydrogen-bond donors (Lipinski definition) is 1. The maximum absolute atomic E-state index is 11.9. The molecule has 1 N–H and O–H groups in total. The number of methoxy groups -OCH3 is 2. The van der Waals surface area contributed by atoms with Crippen LogP contribution in [0.1, 0.15) is 17.5 Å². The maximum atomic E-state index is 11.9. The van der Waals surface area contributed by atoms with Gasteiger partial charge in [-0.3, -0.25) is 4.79 Å². The van der Waals surface area contributed by atoms with Crippen molar-refractivity contribution in [3.8, 4) is 11.5 Å². The van der Waals surface area contributed by atoms with E-state index in [0.717, 1.165) is 29.0 Å². The molecule has 0 radical (unpaired) electrons. The third-order valence-corrected chi connectivity index (χ3v) is 3.45. The second kappa shape index (κ2) is 8.08. The molecule has 116 valence electrons. The van der Waals surface area contributed by atoms with Crippen LogP contribution in [0.25, 0.3) is 0 Å². The van der Waals surface area contributed by atoms with Crippen LogP contribution in [-0.4, -0.2) is 20.1 Å². The Labute approximate surface area is 131 Å². The zero-order chi connectivity index (χ0) is 15.8. The number of hydrogen-bond acceptors (Lipinski definition) is 3. The van der Waals surface area contributed by atoms with Crippen molar-refractivity contribution in [1.29, 1.82) is 0 Å². The minimum Gasteiger partial charge on any atom is -0.497 e. The Hall–Kier alpha value is -2.49. The fourth-order valence-corrected chi connectivity index (χ4v) is 2.08. The number of carbonyl (C=O) groups is 1. The van der Waals surface area contributed by atoms with Crippen LogP contribution in [0, 0.1) is 0 Å². The van der Waals surface area contributed by atoms with Crippen LogP contribution in [-0.2, 0) is 17.8 Å². The fourth-order valence-electron chi connectivity index (χ4n) is 2.08. The van der Waals surface area contributed by atoms with E-state index in [1.807, 2.05) is 48.5 Å². The zero-order valence-corrected chi connectivity index (χ0v) is 13.0. The van der Waals surface area contributed by atoms with E-state index in [4.69, 9.17) is 9.47 Å². The molecule has 0 aliphatic carbocycles. The van der Waals surface area contributed by atoms with Gasteiger partial charge >= 0.3 is 0 Å². The van der Waals surface area contributed by atoms with Crippen LogP contribution in [0.3, 0.4) is 0 Å². The van der Waals surface area contributed by atoms with Crippen LogP contribution in [0.2, 0.25) is 0 Å². The van der Waals surface area contributed by atoms with E-state index in [9.17, 15) is 4.79 Å². The SMILES string of the molecule is COc1ccc(CCC(=O)NCc2ccc(OC)cc2)cc1. The van der Waals surface area contributed by atoms with E-state index in [-0.39, 0.29) is 5.91 Å². The molecular weight excluding hydrogens is 278 g/mol. The van der Waals surface area contributed by atoms with Crippen molar-refractivity contribution in [1.82, 2.24) is 5.32 Å². The van der Waals surface area contributed by atoms with Gasteiger partial charge in [-0.25, -0.2) is 0 Å². The molecule has 0 aromatic heterocycles. The molecule has 4 nitrogen and oxygen atoms in total. The molecule has 0 bridgehead atoms. The Morgan fingerprint density at radius 1 is 0.864 bits per heavy atom. The van der Waals surface area contributed by atoms with Crippen molar-refractivity contribution >= 4 is 5.91 Å². The van der Waals surface area contributed by atoms with Gasteiger partial charge in [-0.1, -0.05) is 24.3 Å². The lowest BCUT2D eigenvalue weighted by Gasteiger charge is -2.07. The quantitative estimate of drug-likeness (QED) is 0.855. The van der Waals surface area contributed by atoms with E-state index in [2.05, 4.69) is 5.32 Å². The molecule has 0 fully saturated rings. The Bertz CT molecular complexity index is 537. The van der Waals surface area contributed by atoms with E-state index >= 15 is 0 Å². The normalized spacial score (nSPS) is 10.1. The highest BCUT2D eigenvalue weighted by Crippen LogP contribution is 2.13. The van der Waals surface area contributed by atoms with Crippen LogP contribution >= 0.6 is 0 Å². The second-order valence-electron chi connectivity index (χ2n) is 4.97. The van der Waals surface area contributed by atoms with Crippen LogP contribution in [0.4, 0.5) is 0 Å². The van der Waals surface area contributed by atoms with Gasteiger partial charge in [0.15, 0.2) is 0 Å². The molecule has 0 heterocycles. The second-order valence-corrected chi connectivity index (χ2v) is 4.97. The van der Waals surface area contributed by atoms with Gasteiger partial charge in [-0.2, -0.15) is 0 Å². The van der Waals surface area contributed by atoms with Crippen molar-refractivity contribution in [2.75, 3.05) is 14.2 Å². The van der Waals surface area contributed by atoms with E-state index < -0.39 is 0 Å². The standard InChI is InChI=1S/C18H21NO3/c1-21-16-8-3-14(4-9-16)7-12-18(20)19-13-15-5-10-17(22-2)11-6-15/h3-6,8-11H,7,12-13H2,1-2H3,(H,19,20). The van der Waals surface area contributed by atoms with Crippen molar-refractivity contribution in [2.24, 2.45) is 0 Å². The number of benzene rings is 2. The fraction of sp³-hybridized carbons (Fsp3) is 0.278. The number of rotatable bonds is 7. The Kier molecular flexibility index (Phi) is 5.83. The number of carbonyl (C=O) groups excluding carboxylic acids is 1. The minimum absolute atomic E-state index is 0.0478. The largest absolute Gasteiger partial charge is 0.497 e. The number of amides is 1. The summed E-state index contributed by atoms with van der Waals surface area (Å²) in [7, 11) is 3.28. The predicted octanol–water partition coefficient (Wildman–Crippen LogP) is 2.95. The first-order valence-corrected chi connectivity index (χ1v) is 7.24. The minimum atomic E-state index is 0.0478. The molecule has 0 unspecified atom stereocenters. The Morgan fingerprint density at radius 3 is 1.86 bits per heavy atom. The van der Waals surface area contributed by atoms with E-state index in [0.29, 0.717) is 13.0 Å². The number of nitrogens with one attached hydrogen (secondary N) is 1. The van der Waals surface area contributed by atoms with Gasteiger partial charge in [-0.05, 0) is 41.8 Å². The van der Waals surface area contributed by atoms with Crippen LogP contribution in [0.5, 0.6) is 11.5 Å². The molecule has 0 atom stereocenters. The summed E-state index contributed by atoms with van der Waals surface area (Å²) < 4.78 is 10.2. The molecule has 2 aromatic rings. The predicted molar refractivity (Wildman–Crippen MR) is 86.2 cm³/mol. The zero-order valence-electron chi connectivity index (χ0n) is 13.0. The first kappa shape index (κ1) is 15.9. The first-order chi connectivity index (χ1) is 10.7. The average Bonchev–Trinajstić information content (AvgIpc) is 2.59. The summed E-state index contributed by atoms with van der Waals surface area (Å²) >= 11 is 0. The van der Waals surface area contributed by atoms with Gasteiger partial charge in [0.2, 0.25) is 5.91 Å². The summed E-state index contributed by atoms with van der Waals surface area (Å²) in [6.45, 7) is 0.533. The highest BCUT2D eigenvalue weighted by molar-refractivity contribution is 5.76. The Morgan fingerprint density at radius 2 is 1.36 bits per heavy atom. The van der Waals surface area contributed by atoms with Gasteiger partial charge < -0.3 is 14.8 Å². The van der Waals surface area contributed by atoms with E-state index in [1.54, 1.807) is 14.2 Å². The monoisotopic (exact) mass is 299 g/mol. The number of aryl methyl sites for hydroxylation is 1. The van der Waals surface area contributed by atoms with Gasteiger partial charge in [0, 0.05) is 13.0 Å². The molecule has 22 heavy (non-hydrogen) atoms. The molecule has 2 rings (SSSR count). The van der Waals surface area contributed by atoms with Gasteiger partial charge in [0.25, 0.3) is 0 Å². The van der Waals surface area contributed by atoms with Gasteiger partial charge in [-0.15, -0.1) is 0 Å². The van der Waals surface area contributed by atoms with E-state index in [1.165, 1.54) is 0 Å². The lowest BCUT2D eigenvalue weighted by atomic mass is 10.1. The number of ether oxygens (including phenoxy) is 2. The molecule has 1 amide bonds. The van der Waals surface area contributed by atoms with Crippen molar-refractivity contribution in [2.45, 2.75) is 19.4 Å². The summed E-state index contributed by atoms with van der Waals surface area (Å²) in [5.74, 6) is 1.69. The first-order valence-electron chi connectivity index (χ1n) is 7.24. The van der Waals surface area contributed by atoms with Gasteiger partial charge in [0.1, 0.15) is 11.5 Å². The molecule has 2 aromatic carbocycles. The summed E-state index contributed by atoms with van der Waals surface area (Å²) in [6, 6.07) is 15.4. The maximum Gasteiger partial charge on any atom is 0.220 e. The summed E-state index contributed by atoms with van der Waals surface area (Å²) in [6.07, 6.45) is 1.20. The topological polar surface area (TPSA) is 47.6 Å². The van der Waals surface area contributed by atoms with Crippen molar-refractivity contribution in [3.63, 3.8) is 0 Å². The van der Waals surface area contributed by atoms with Gasteiger partial charge in [0.05, 0.1) is 14.2 Å². The smallest absolute Gasteiger partial charge is 0.220 e. The van der Waals surface area contributed by atoms with Crippen LogP contribution in [0.15, 0.2) is 48.5 Å². The lowest BCUT2D eigenvalue weighted by Crippen LogP contribution is -2.22. The highest BCUT2D eigenvalue weighted by Gasteiger charge is 2.03.